The Morgan fingerprint density at radius 3 is 2.32 bits per heavy atom. The van der Waals surface area contributed by atoms with E-state index in [1.165, 1.54) is 6.08 Å². The third-order valence-electron chi connectivity index (χ3n) is 5.98. The zero-order chi connectivity index (χ0) is 15.8. The summed E-state index contributed by atoms with van der Waals surface area (Å²) in [5.74, 6) is -0.443. The maximum atomic E-state index is 12.3. The predicted molar refractivity (Wildman–Crippen MR) is 87.1 cm³/mol. The number of fused-ring (bicyclic) bond motifs is 2. The van der Waals surface area contributed by atoms with Crippen molar-refractivity contribution in [2.24, 2.45) is 11.3 Å². The first-order chi connectivity index (χ1) is 10.4. The van der Waals surface area contributed by atoms with Crippen LogP contribution in [-0.2, 0) is 9.59 Å². The monoisotopic (exact) mass is 297 g/mol. The predicted octanol–water partition coefficient (Wildman–Crippen LogP) is 3.35. The molecule has 3 nitrogen and oxygen atoms in total. The Labute approximate surface area is 131 Å². The van der Waals surface area contributed by atoms with Crippen LogP contribution < -0.4 is 5.32 Å². The highest BCUT2D eigenvalue weighted by Crippen LogP contribution is 2.60. The van der Waals surface area contributed by atoms with Gasteiger partial charge in [0, 0.05) is 5.54 Å². The molecular weight excluding hydrogens is 274 g/mol. The lowest BCUT2D eigenvalue weighted by molar-refractivity contribution is -0.137. The molecule has 116 valence electrons. The van der Waals surface area contributed by atoms with Gasteiger partial charge in [-0.25, -0.2) is 0 Å². The molecule has 1 unspecified atom stereocenters. The van der Waals surface area contributed by atoms with Crippen molar-refractivity contribution in [3.8, 4) is 0 Å². The van der Waals surface area contributed by atoms with E-state index in [2.05, 4.69) is 19.2 Å². The van der Waals surface area contributed by atoms with Gasteiger partial charge in [0.1, 0.15) is 0 Å². The Kier molecular flexibility index (Phi) is 3.67. The van der Waals surface area contributed by atoms with Crippen LogP contribution in [0.5, 0.6) is 0 Å². The minimum absolute atomic E-state index is 0.136. The number of hydrogen-bond donors (Lipinski definition) is 1. The van der Waals surface area contributed by atoms with Crippen molar-refractivity contribution in [3.05, 3.63) is 42.0 Å². The number of ketones is 1. The van der Waals surface area contributed by atoms with Gasteiger partial charge in [-0.3, -0.25) is 9.59 Å². The number of carbonyl (C=O) groups excluding carboxylic acids is 2. The molecule has 22 heavy (non-hydrogen) atoms. The maximum Gasteiger partial charge on any atom is 0.292 e. The first-order valence-corrected chi connectivity index (χ1v) is 8.04. The highest BCUT2D eigenvalue weighted by molar-refractivity contribution is 6.41. The third kappa shape index (κ3) is 2.39. The van der Waals surface area contributed by atoms with Gasteiger partial charge in [-0.1, -0.05) is 43.3 Å². The minimum atomic E-state index is -0.477. The summed E-state index contributed by atoms with van der Waals surface area (Å²) in [6, 6.07) is 9.54. The second-order valence-corrected chi connectivity index (χ2v) is 7.10. The van der Waals surface area contributed by atoms with Crippen molar-refractivity contribution in [2.45, 2.75) is 45.1 Å². The summed E-state index contributed by atoms with van der Waals surface area (Å²) < 4.78 is 0. The van der Waals surface area contributed by atoms with E-state index >= 15 is 0 Å². The molecule has 3 heteroatoms. The molecule has 2 aliphatic rings. The van der Waals surface area contributed by atoms with Crippen molar-refractivity contribution in [1.29, 1.82) is 0 Å². The van der Waals surface area contributed by atoms with Gasteiger partial charge in [0.05, 0.1) is 0 Å². The van der Waals surface area contributed by atoms with Gasteiger partial charge in [-0.15, -0.1) is 0 Å². The zero-order valence-electron chi connectivity index (χ0n) is 13.3. The summed E-state index contributed by atoms with van der Waals surface area (Å²) in [6.45, 7) is 4.36. The average molecular weight is 297 g/mol. The minimum Gasteiger partial charge on any atom is -0.343 e. The molecule has 3 rings (SSSR count). The van der Waals surface area contributed by atoms with Crippen molar-refractivity contribution in [2.75, 3.05) is 0 Å². The first-order valence-electron chi connectivity index (χ1n) is 8.04. The number of benzene rings is 1. The fraction of sp³-hybridized carbons (Fsp3) is 0.474. The third-order valence-corrected chi connectivity index (χ3v) is 5.98. The summed E-state index contributed by atoms with van der Waals surface area (Å²) in [6.07, 6.45) is 7.65. The van der Waals surface area contributed by atoms with Crippen LogP contribution in [0.2, 0.25) is 0 Å². The van der Waals surface area contributed by atoms with Crippen LogP contribution >= 0.6 is 0 Å². The SMILES string of the molecule is CC1(NC(=O)C(=O)/C=C/c2ccccc2)[C@H]2CC[C@]1(C)CC2. The molecule has 0 aromatic heterocycles. The van der Waals surface area contributed by atoms with Gasteiger partial charge in [-0.2, -0.15) is 0 Å². The summed E-state index contributed by atoms with van der Waals surface area (Å²) >= 11 is 0. The Balaban J connectivity index is 1.67. The Bertz CT molecular complexity index is 612. The molecule has 0 spiro atoms. The fourth-order valence-corrected chi connectivity index (χ4v) is 4.21. The number of rotatable bonds is 4. The molecule has 1 aromatic carbocycles. The highest BCUT2D eigenvalue weighted by Gasteiger charge is 2.59. The lowest BCUT2D eigenvalue weighted by Gasteiger charge is -2.38. The number of amides is 1. The van der Waals surface area contributed by atoms with Gasteiger partial charge in [0.25, 0.3) is 5.91 Å². The summed E-state index contributed by atoms with van der Waals surface area (Å²) in [5.41, 5.74) is 0.819. The van der Waals surface area contributed by atoms with Gasteiger partial charge < -0.3 is 5.32 Å². The molecule has 1 amide bonds. The van der Waals surface area contributed by atoms with E-state index in [9.17, 15) is 9.59 Å². The number of hydrogen-bond acceptors (Lipinski definition) is 2. The Hall–Kier alpha value is -1.90. The molecule has 2 aliphatic carbocycles. The maximum absolute atomic E-state index is 12.3. The molecule has 2 fully saturated rings. The standard InChI is InChI=1S/C19H23NO2/c1-18-12-10-15(11-13-18)19(18,2)20-17(22)16(21)9-8-14-6-4-3-5-7-14/h3-9,15H,10-13H2,1-2H3,(H,20,22)/b9-8+/t15-,18+,19?. The number of carbonyl (C=O) groups is 2. The van der Waals surface area contributed by atoms with Crippen molar-refractivity contribution in [1.82, 2.24) is 5.32 Å². The van der Waals surface area contributed by atoms with E-state index in [4.69, 9.17) is 0 Å². The summed E-state index contributed by atoms with van der Waals surface area (Å²) in [4.78, 5) is 24.4. The molecule has 1 atom stereocenters. The highest BCUT2D eigenvalue weighted by atomic mass is 16.2. The second-order valence-electron chi connectivity index (χ2n) is 7.10. The van der Waals surface area contributed by atoms with Crippen molar-refractivity contribution < 1.29 is 9.59 Å². The molecular formula is C19H23NO2. The molecule has 0 aliphatic heterocycles. The molecule has 2 bridgehead atoms. The van der Waals surface area contributed by atoms with Crippen LogP contribution in [0.15, 0.2) is 36.4 Å². The van der Waals surface area contributed by atoms with Crippen LogP contribution in [-0.4, -0.2) is 17.2 Å². The lowest BCUT2D eigenvalue weighted by atomic mass is 9.76. The lowest BCUT2D eigenvalue weighted by Crippen LogP contribution is -2.55. The molecule has 0 radical (unpaired) electrons. The molecule has 0 heterocycles. The van der Waals surface area contributed by atoms with Crippen LogP contribution in [0.1, 0.15) is 45.1 Å². The quantitative estimate of drug-likeness (QED) is 0.684. The fourth-order valence-electron chi connectivity index (χ4n) is 4.21. The van der Waals surface area contributed by atoms with E-state index in [0.717, 1.165) is 31.2 Å². The normalized spacial score (nSPS) is 33.3. The van der Waals surface area contributed by atoms with E-state index < -0.39 is 11.7 Å². The van der Waals surface area contributed by atoms with Crippen LogP contribution in [0, 0.1) is 11.3 Å². The van der Waals surface area contributed by atoms with Gasteiger partial charge in [-0.05, 0) is 55.6 Å². The van der Waals surface area contributed by atoms with Crippen LogP contribution in [0.3, 0.4) is 0 Å². The van der Waals surface area contributed by atoms with Crippen LogP contribution in [0.4, 0.5) is 0 Å². The second kappa shape index (κ2) is 5.38. The molecule has 1 N–H and O–H groups in total. The Morgan fingerprint density at radius 2 is 1.77 bits per heavy atom. The van der Waals surface area contributed by atoms with E-state index in [1.54, 1.807) is 6.08 Å². The first kappa shape index (κ1) is 15.0. The topological polar surface area (TPSA) is 46.2 Å². The summed E-state index contributed by atoms with van der Waals surface area (Å²) in [7, 11) is 0. The van der Waals surface area contributed by atoms with E-state index in [-0.39, 0.29) is 11.0 Å². The van der Waals surface area contributed by atoms with Gasteiger partial charge in [0.2, 0.25) is 5.78 Å². The van der Waals surface area contributed by atoms with E-state index in [1.807, 2.05) is 30.3 Å². The molecule has 0 saturated heterocycles. The zero-order valence-corrected chi connectivity index (χ0v) is 13.3. The molecule has 2 saturated carbocycles. The van der Waals surface area contributed by atoms with Crippen LogP contribution in [0.25, 0.3) is 6.08 Å². The van der Waals surface area contributed by atoms with Crippen molar-refractivity contribution in [3.63, 3.8) is 0 Å². The number of nitrogens with one attached hydrogen (secondary N) is 1. The largest absolute Gasteiger partial charge is 0.343 e. The Morgan fingerprint density at radius 1 is 1.14 bits per heavy atom. The van der Waals surface area contributed by atoms with Gasteiger partial charge >= 0.3 is 0 Å². The van der Waals surface area contributed by atoms with Crippen molar-refractivity contribution >= 4 is 17.8 Å². The average Bonchev–Trinajstić information content (AvgIpc) is 2.90. The molecule has 1 aromatic rings. The van der Waals surface area contributed by atoms with Gasteiger partial charge in [0.15, 0.2) is 0 Å². The van der Waals surface area contributed by atoms with E-state index in [0.29, 0.717) is 5.92 Å². The smallest absolute Gasteiger partial charge is 0.292 e. The summed E-state index contributed by atoms with van der Waals surface area (Å²) in [5, 5.41) is 3.05.